The fourth-order valence-electron chi connectivity index (χ4n) is 2.90. The van der Waals surface area contributed by atoms with Gasteiger partial charge in [-0.15, -0.1) is 0 Å². The Morgan fingerprint density at radius 2 is 2.25 bits per heavy atom. The van der Waals surface area contributed by atoms with Gasteiger partial charge in [-0.1, -0.05) is 6.42 Å². The summed E-state index contributed by atoms with van der Waals surface area (Å²) in [7, 11) is 0. The summed E-state index contributed by atoms with van der Waals surface area (Å²) in [4.78, 5) is 4.31. The maximum absolute atomic E-state index is 8.82. The van der Waals surface area contributed by atoms with Gasteiger partial charge in [-0.3, -0.25) is 4.98 Å². The minimum absolute atomic E-state index is 0.317. The number of aromatic nitrogens is 1. The summed E-state index contributed by atoms with van der Waals surface area (Å²) >= 11 is 0. The van der Waals surface area contributed by atoms with Crippen LogP contribution in [0.25, 0.3) is 0 Å². The molecule has 4 nitrogen and oxygen atoms in total. The van der Waals surface area contributed by atoms with Crippen molar-refractivity contribution >= 4 is 0 Å². The third-order valence-electron chi connectivity index (χ3n) is 4.45. The third-order valence-corrected chi connectivity index (χ3v) is 4.45. The Kier molecular flexibility index (Phi) is 4.53. The third kappa shape index (κ3) is 3.49. The second-order valence-electron chi connectivity index (χ2n) is 6.03. The summed E-state index contributed by atoms with van der Waals surface area (Å²) < 4.78 is 5.80. The van der Waals surface area contributed by atoms with E-state index in [1.807, 2.05) is 12.4 Å². The van der Waals surface area contributed by atoms with Gasteiger partial charge in [0.15, 0.2) is 0 Å². The fraction of sp³-hybridized carbons (Fsp3) is 0.688. The van der Waals surface area contributed by atoms with Gasteiger partial charge in [0.1, 0.15) is 12.4 Å². The van der Waals surface area contributed by atoms with Crippen molar-refractivity contribution in [2.45, 2.75) is 44.1 Å². The van der Waals surface area contributed by atoms with Crippen molar-refractivity contribution in [3.05, 3.63) is 24.0 Å². The summed E-state index contributed by atoms with van der Waals surface area (Å²) in [6.07, 6.45) is 9.55. The van der Waals surface area contributed by atoms with Gasteiger partial charge in [-0.2, -0.15) is 0 Å². The lowest BCUT2D eigenvalue weighted by molar-refractivity contribution is 0.217. The van der Waals surface area contributed by atoms with Gasteiger partial charge < -0.3 is 15.2 Å². The Morgan fingerprint density at radius 1 is 1.35 bits per heavy atom. The molecule has 1 aromatic heterocycles. The van der Waals surface area contributed by atoms with Gasteiger partial charge in [-0.05, 0) is 55.7 Å². The van der Waals surface area contributed by atoms with Crippen LogP contribution in [0.1, 0.15) is 43.6 Å². The average Bonchev–Trinajstić information content (AvgIpc) is 3.17. The Labute approximate surface area is 120 Å². The maximum atomic E-state index is 8.82. The molecule has 1 saturated heterocycles. The maximum Gasteiger partial charge on any atom is 0.137 e. The zero-order chi connectivity index (χ0) is 13.8. The summed E-state index contributed by atoms with van der Waals surface area (Å²) in [6, 6.07) is 2.67. The number of ether oxygens (including phenoxy) is 1. The number of nitrogens with one attached hydrogen (secondary N) is 1. The quantitative estimate of drug-likeness (QED) is 0.714. The molecule has 0 aromatic carbocycles. The molecule has 110 valence electrons. The van der Waals surface area contributed by atoms with Crippen LogP contribution in [-0.2, 0) is 0 Å². The first-order chi connectivity index (χ1) is 9.86. The molecule has 2 aliphatic rings. The predicted molar refractivity (Wildman–Crippen MR) is 77.9 cm³/mol. The summed E-state index contributed by atoms with van der Waals surface area (Å²) in [5.41, 5.74) is 1.32. The van der Waals surface area contributed by atoms with E-state index in [4.69, 9.17) is 9.84 Å². The lowest BCUT2D eigenvalue weighted by atomic mass is 10.1. The molecule has 0 spiro atoms. The van der Waals surface area contributed by atoms with Gasteiger partial charge in [-0.25, -0.2) is 0 Å². The average molecular weight is 276 g/mol. The molecular formula is C16H24N2O2. The van der Waals surface area contributed by atoms with Gasteiger partial charge in [0.05, 0.1) is 6.20 Å². The molecule has 1 saturated carbocycles. The summed E-state index contributed by atoms with van der Waals surface area (Å²) in [6.45, 7) is 2.18. The lowest BCUT2D eigenvalue weighted by Crippen LogP contribution is -2.46. The van der Waals surface area contributed by atoms with Crippen LogP contribution in [0, 0.1) is 5.92 Å². The van der Waals surface area contributed by atoms with Gasteiger partial charge in [0, 0.05) is 18.8 Å². The highest BCUT2D eigenvalue weighted by atomic mass is 16.5. The van der Waals surface area contributed by atoms with Crippen LogP contribution in [0.15, 0.2) is 18.5 Å². The van der Waals surface area contributed by atoms with Crippen molar-refractivity contribution in [1.29, 1.82) is 0 Å². The molecule has 3 rings (SSSR count). The van der Waals surface area contributed by atoms with Crippen LogP contribution in [0.3, 0.4) is 0 Å². The normalized spacial score (nSPS) is 27.9. The van der Waals surface area contributed by atoms with E-state index in [0.717, 1.165) is 37.7 Å². The topological polar surface area (TPSA) is 54.4 Å². The highest BCUT2D eigenvalue weighted by Gasteiger charge is 2.37. The number of unbranched alkanes of at least 4 members (excludes halogenated alkanes) is 1. The highest BCUT2D eigenvalue weighted by Crippen LogP contribution is 2.50. The summed E-state index contributed by atoms with van der Waals surface area (Å²) in [5, 5.41) is 12.2. The molecule has 4 heteroatoms. The van der Waals surface area contributed by atoms with Crippen molar-refractivity contribution in [3.8, 4) is 5.75 Å². The first kappa shape index (κ1) is 13.8. The van der Waals surface area contributed by atoms with Crippen LogP contribution in [0.2, 0.25) is 0 Å². The molecule has 2 heterocycles. The van der Waals surface area contributed by atoms with E-state index < -0.39 is 0 Å². The fourth-order valence-corrected chi connectivity index (χ4v) is 2.90. The molecule has 20 heavy (non-hydrogen) atoms. The molecule has 0 radical (unpaired) electrons. The standard InChI is InChI=1S/C16H24N2O2/c19-6-2-1-3-12-8-16(12)13-7-15(10-17-9-13)20-11-14-4-5-18-14/h7,9-10,12,14,16,18-19H,1-6,8,11H2. The van der Waals surface area contributed by atoms with E-state index in [2.05, 4.69) is 16.4 Å². The second kappa shape index (κ2) is 6.55. The van der Waals surface area contributed by atoms with Gasteiger partial charge in [0.2, 0.25) is 0 Å². The van der Waals surface area contributed by atoms with E-state index in [1.165, 1.54) is 24.8 Å². The highest BCUT2D eigenvalue weighted by molar-refractivity contribution is 5.30. The number of aliphatic hydroxyl groups is 1. The summed E-state index contributed by atoms with van der Waals surface area (Å²) in [5.74, 6) is 2.34. The Bertz CT molecular complexity index is 434. The van der Waals surface area contributed by atoms with E-state index in [9.17, 15) is 0 Å². The van der Waals surface area contributed by atoms with Crippen LogP contribution in [-0.4, -0.2) is 35.9 Å². The number of nitrogens with zero attached hydrogens (tertiary/aromatic N) is 1. The smallest absolute Gasteiger partial charge is 0.137 e. The molecule has 2 fully saturated rings. The number of hydrogen-bond donors (Lipinski definition) is 2. The van der Waals surface area contributed by atoms with E-state index in [-0.39, 0.29) is 0 Å². The molecule has 0 amide bonds. The Morgan fingerprint density at radius 3 is 3.00 bits per heavy atom. The van der Waals surface area contributed by atoms with E-state index >= 15 is 0 Å². The molecular weight excluding hydrogens is 252 g/mol. The largest absolute Gasteiger partial charge is 0.490 e. The van der Waals surface area contributed by atoms with E-state index in [1.54, 1.807) is 0 Å². The van der Waals surface area contributed by atoms with Crippen molar-refractivity contribution in [1.82, 2.24) is 10.3 Å². The predicted octanol–water partition coefficient (Wildman–Crippen LogP) is 2.09. The Balaban J connectivity index is 1.47. The number of aliphatic hydroxyl groups excluding tert-OH is 1. The SMILES string of the molecule is OCCCCC1CC1c1cncc(OCC2CCN2)c1. The number of pyridine rings is 1. The van der Waals surface area contributed by atoms with Crippen molar-refractivity contribution in [2.75, 3.05) is 19.8 Å². The van der Waals surface area contributed by atoms with Crippen LogP contribution in [0.5, 0.6) is 5.75 Å². The van der Waals surface area contributed by atoms with Crippen molar-refractivity contribution < 1.29 is 9.84 Å². The number of rotatable bonds is 8. The molecule has 1 aliphatic heterocycles. The van der Waals surface area contributed by atoms with Crippen LogP contribution >= 0.6 is 0 Å². The van der Waals surface area contributed by atoms with Crippen LogP contribution in [0.4, 0.5) is 0 Å². The zero-order valence-corrected chi connectivity index (χ0v) is 11.9. The monoisotopic (exact) mass is 276 g/mol. The second-order valence-corrected chi connectivity index (χ2v) is 6.03. The number of hydrogen-bond acceptors (Lipinski definition) is 4. The molecule has 1 aliphatic carbocycles. The molecule has 2 N–H and O–H groups in total. The molecule has 1 aromatic rings. The van der Waals surface area contributed by atoms with Crippen LogP contribution < -0.4 is 10.1 Å². The minimum Gasteiger partial charge on any atom is -0.490 e. The molecule has 3 unspecified atom stereocenters. The Hall–Kier alpha value is -1.13. The van der Waals surface area contributed by atoms with E-state index in [0.29, 0.717) is 18.6 Å². The van der Waals surface area contributed by atoms with Gasteiger partial charge >= 0.3 is 0 Å². The zero-order valence-electron chi connectivity index (χ0n) is 11.9. The molecule has 0 bridgehead atoms. The lowest BCUT2D eigenvalue weighted by Gasteiger charge is -2.27. The first-order valence-corrected chi connectivity index (χ1v) is 7.79. The first-order valence-electron chi connectivity index (χ1n) is 7.79. The van der Waals surface area contributed by atoms with Crippen molar-refractivity contribution in [2.24, 2.45) is 5.92 Å². The molecule has 3 atom stereocenters. The van der Waals surface area contributed by atoms with Gasteiger partial charge in [0.25, 0.3) is 0 Å². The van der Waals surface area contributed by atoms with Crippen molar-refractivity contribution in [3.63, 3.8) is 0 Å². The minimum atomic E-state index is 0.317.